The molecule has 0 aromatic carbocycles. The second-order valence-electron chi connectivity index (χ2n) is 3.47. The average molecular weight is 224 g/mol. The molecule has 0 amide bonds. The minimum Gasteiger partial charge on any atom is -0.356 e. The molecule has 0 saturated carbocycles. The molecule has 1 heterocycles. The number of guanidine groups is 1. The molecule has 16 heavy (non-hydrogen) atoms. The fourth-order valence-corrected chi connectivity index (χ4v) is 1.50. The Morgan fingerprint density at radius 2 is 2.31 bits per heavy atom. The van der Waals surface area contributed by atoms with Crippen LogP contribution < -0.4 is 16.6 Å². The summed E-state index contributed by atoms with van der Waals surface area (Å²) < 4.78 is 1.81. The number of nitrogens with zero attached hydrogens (tertiary/aromatic N) is 3. The van der Waals surface area contributed by atoms with Crippen LogP contribution in [0.25, 0.3) is 0 Å². The monoisotopic (exact) mass is 224 g/mol. The van der Waals surface area contributed by atoms with Gasteiger partial charge in [-0.25, -0.2) is 10.8 Å². The van der Waals surface area contributed by atoms with Gasteiger partial charge in [-0.15, -0.1) is 0 Å². The predicted octanol–water partition coefficient (Wildman–Crippen LogP) is -0.0887. The Bertz CT molecular complexity index is 354. The van der Waals surface area contributed by atoms with E-state index >= 15 is 0 Å². The highest BCUT2D eigenvalue weighted by Gasteiger charge is 2.05. The SMILES string of the molecule is CCNC(=NCc1cn(C)nc1CC)NN. The molecular formula is C10H20N6. The van der Waals surface area contributed by atoms with Crippen LogP contribution in [-0.2, 0) is 20.0 Å². The maximum atomic E-state index is 5.33. The van der Waals surface area contributed by atoms with E-state index in [9.17, 15) is 0 Å². The molecule has 4 N–H and O–H groups in total. The van der Waals surface area contributed by atoms with Crippen molar-refractivity contribution < 1.29 is 0 Å². The fraction of sp³-hybridized carbons (Fsp3) is 0.600. The zero-order valence-corrected chi connectivity index (χ0v) is 10.1. The zero-order chi connectivity index (χ0) is 12.0. The highest BCUT2D eigenvalue weighted by molar-refractivity contribution is 5.79. The Morgan fingerprint density at radius 3 is 2.88 bits per heavy atom. The third-order valence-electron chi connectivity index (χ3n) is 2.22. The Balaban J connectivity index is 2.71. The molecule has 0 unspecified atom stereocenters. The van der Waals surface area contributed by atoms with Crippen molar-refractivity contribution in [3.8, 4) is 0 Å². The van der Waals surface area contributed by atoms with Crippen LogP contribution in [0.5, 0.6) is 0 Å². The molecule has 0 aliphatic heterocycles. The Labute approximate surface area is 95.9 Å². The highest BCUT2D eigenvalue weighted by Crippen LogP contribution is 2.08. The van der Waals surface area contributed by atoms with Crippen LogP contribution in [0.15, 0.2) is 11.2 Å². The maximum Gasteiger partial charge on any atom is 0.206 e. The quantitative estimate of drug-likeness (QED) is 0.289. The summed E-state index contributed by atoms with van der Waals surface area (Å²) >= 11 is 0. The molecule has 6 nitrogen and oxygen atoms in total. The summed E-state index contributed by atoms with van der Waals surface area (Å²) in [5.74, 6) is 5.94. The van der Waals surface area contributed by atoms with Gasteiger partial charge in [0.2, 0.25) is 5.96 Å². The van der Waals surface area contributed by atoms with Gasteiger partial charge in [-0.2, -0.15) is 5.10 Å². The Morgan fingerprint density at radius 1 is 1.56 bits per heavy atom. The van der Waals surface area contributed by atoms with Crippen molar-refractivity contribution in [2.45, 2.75) is 26.8 Å². The first-order valence-electron chi connectivity index (χ1n) is 5.47. The number of hydrazine groups is 1. The summed E-state index contributed by atoms with van der Waals surface area (Å²) in [7, 11) is 1.92. The lowest BCUT2D eigenvalue weighted by Gasteiger charge is -2.05. The molecule has 0 radical (unpaired) electrons. The molecule has 1 aromatic heterocycles. The smallest absolute Gasteiger partial charge is 0.206 e. The van der Waals surface area contributed by atoms with Gasteiger partial charge in [0.15, 0.2) is 0 Å². The Kier molecular flexibility index (Phi) is 4.78. The molecule has 0 aliphatic carbocycles. The minimum absolute atomic E-state index is 0.587. The van der Waals surface area contributed by atoms with Gasteiger partial charge in [-0.1, -0.05) is 6.92 Å². The number of nitrogens with one attached hydrogen (secondary N) is 2. The molecule has 1 aromatic rings. The fourth-order valence-electron chi connectivity index (χ4n) is 1.50. The number of aliphatic imine (C=N–C) groups is 1. The van der Waals surface area contributed by atoms with Crippen molar-refractivity contribution in [1.29, 1.82) is 0 Å². The highest BCUT2D eigenvalue weighted by atomic mass is 15.3. The van der Waals surface area contributed by atoms with Crippen molar-refractivity contribution in [3.63, 3.8) is 0 Å². The molecule has 6 heteroatoms. The van der Waals surface area contributed by atoms with E-state index in [0.717, 1.165) is 24.2 Å². The van der Waals surface area contributed by atoms with Crippen molar-refractivity contribution >= 4 is 5.96 Å². The first-order chi connectivity index (χ1) is 7.71. The molecule has 0 fully saturated rings. The largest absolute Gasteiger partial charge is 0.356 e. The van der Waals surface area contributed by atoms with Gasteiger partial charge >= 0.3 is 0 Å². The normalized spacial score (nSPS) is 11.6. The van der Waals surface area contributed by atoms with Crippen LogP contribution in [0.2, 0.25) is 0 Å². The molecule has 90 valence electrons. The van der Waals surface area contributed by atoms with Gasteiger partial charge in [0.25, 0.3) is 0 Å². The van der Waals surface area contributed by atoms with Gasteiger partial charge in [0.05, 0.1) is 12.2 Å². The van der Waals surface area contributed by atoms with E-state index in [1.54, 1.807) is 0 Å². The molecule has 1 rings (SSSR count). The van der Waals surface area contributed by atoms with E-state index < -0.39 is 0 Å². The lowest BCUT2D eigenvalue weighted by atomic mass is 10.2. The number of rotatable bonds is 4. The van der Waals surface area contributed by atoms with Crippen LogP contribution in [0.4, 0.5) is 0 Å². The van der Waals surface area contributed by atoms with Crippen LogP contribution in [0.1, 0.15) is 25.1 Å². The van der Waals surface area contributed by atoms with Crippen molar-refractivity contribution in [3.05, 3.63) is 17.5 Å². The zero-order valence-electron chi connectivity index (χ0n) is 10.1. The number of aromatic nitrogens is 2. The average Bonchev–Trinajstić information content (AvgIpc) is 2.65. The van der Waals surface area contributed by atoms with E-state index in [2.05, 4.69) is 27.8 Å². The van der Waals surface area contributed by atoms with Gasteiger partial charge < -0.3 is 5.32 Å². The summed E-state index contributed by atoms with van der Waals surface area (Å²) in [6, 6.07) is 0. The Hall–Kier alpha value is -1.56. The minimum atomic E-state index is 0.587. The first-order valence-corrected chi connectivity index (χ1v) is 5.47. The third kappa shape index (κ3) is 3.23. The van der Waals surface area contributed by atoms with Gasteiger partial charge in [-0.3, -0.25) is 10.1 Å². The van der Waals surface area contributed by atoms with E-state index in [0.29, 0.717) is 12.5 Å². The number of hydrogen-bond acceptors (Lipinski definition) is 3. The molecule has 0 bridgehead atoms. The third-order valence-corrected chi connectivity index (χ3v) is 2.22. The molecule has 0 saturated heterocycles. The summed E-state index contributed by atoms with van der Waals surface area (Å²) in [4.78, 5) is 4.34. The second kappa shape index (κ2) is 6.12. The number of hydrogen-bond donors (Lipinski definition) is 3. The van der Waals surface area contributed by atoms with E-state index in [1.165, 1.54) is 0 Å². The molecule has 0 spiro atoms. The first kappa shape index (κ1) is 12.5. The number of aryl methyl sites for hydroxylation is 2. The summed E-state index contributed by atoms with van der Waals surface area (Å²) in [5.41, 5.74) is 4.75. The van der Waals surface area contributed by atoms with Gasteiger partial charge in [0.1, 0.15) is 0 Å². The van der Waals surface area contributed by atoms with E-state index in [4.69, 9.17) is 5.84 Å². The topological polar surface area (TPSA) is 80.3 Å². The lowest BCUT2D eigenvalue weighted by Crippen LogP contribution is -2.41. The van der Waals surface area contributed by atoms with E-state index in [-0.39, 0.29) is 0 Å². The van der Waals surface area contributed by atoms with Gasteiger partial charge in [0, 0.05) is 25.4 Å². The van der Waals surface area contributed by atoms with Crippen LogP contribution in [0.3, 0.4) is 0 Å². The van der Waals surface area contributed by atoms with Crippen molar-refractivity contribution in [1.82, 2.24) is 20.5 Å². The molecule has 0 aliphatic rings. The number of nitrogens with two attached hydrogens (primary N) is 1. The van der Waals surface area contributed by atoms with Crippen molar-refractivity contribution in [2.75, 3.05) is 6.54 Å². The standard InChI is InChI=1S/C10H20N6/c1-4-9-8(7-16(3)15-9)6-13-10(14-11)12-5-2/h7H,4-6,11H2,1-3H3,(H2,12,13,14). The van der Waals surface area contributed by atoms with E-state index in [1.807, 2.05) is 24.9 Å². The summed E-state index contributed by atoms with van der Waals surface area (Å²) in [6.45, 7) is 5.45. The lowest BCUT2D eigenvalue weighted by molar-refractivity contribution is 0.746. The second-order valence-corrected chi connectivity index (χ2v) is 3.47. The molecular weight excluding hydrogens is 204 g/mol. The molecule has 0 atom stereocenters. The summed E-state index contributed by atoms with van der Waals surface area (Å²) in [6.07, 6.45) is 2.90. The predicted molar refractivity (Wildman–Crippen MR) is 64.7 cm³/mol. The van der Waals surface area contributed by atoms with Crippen molar-refractivity contribution in [2.24, 2.45) is 17.9 Å². The van der Waals surface area contributed by atoms with Crippen LogP contribution >= 0.6 is 0 Å². The summed E-state index contributed by atoms with van der Waals surface area (Å²) in [5, 5.41) is 7.39. The maximum absolute atomic E-state index is 5.33. The van der Waals surface area contributed by atoms with Crippen LogP contribution in [0, 0.1) is 0 Å². The van der Waals surface area contributed by atoms with Crippen LogP contribution in [-0.4, -0.2) is 22.3 Å². The van der Waals surface area contributed by atoms with Gasteiger partial charge in [-0.05, 0) is 13.3 Å².